The second kappa shape index (κ2) is 82.5. The van der Waals surface area contributed by atoms with E-state index in [4.69, 9.17) is 18.9 Å². The molecular weight excluding hydrogens is 1770 g/mol. The topological polar surface area (TPSA) is 255 Å². The molecule has 0 spiro atoms. The molecule has 0 saturated carbocycles. The van der Waals surface area contributed by atoms with Crippen molar-refractivity contribution >= 4 is 70.5 Å². The highest BCUT2D eigenvalue weighted by Crippen LogP contribution is 2.28. The first-order valence-electron chi connectivity index (χ1n) is 50.3. The number of nitrogens with zero attached hydrogens (tertiary/aromatic N) is 4. The van der Waals surface area contributed by atoms with E-state index in [1.807, 2.05) is 175 Å². The van der Waals surface area contributed by atoms with E-state index in [-0.39, 0.29) is 148 Å². The van der Waals surface area contributed by atoms with Crippen LogP contribution < -0.4 is 0 Å². The predicted molar refractivity (Wildman–Crippen MR) is 606 cm³/mol. The van der Waals surface area contributed by atoms with Gasteiger partial charge in [-0.25, -0.2) is 19.2 Å². The number of hydrogen-bond acceptors (Lipinski definition) is 17. The number of esters is 4. The standard InChI is InChI=1S/C12H23NO.C12H21NO.C11H21NO.C11H20O.C10H19NO.C10H18O2.2C10H18O.2C9H16O2.C9H16O.C8H14O2/c1-12(2,3)9-8-11(14)7-6-10-13(4)5;1-6-9-13(11(14)7-2)10-8-12(3,4)5;1-6-10(13)12(7-2)9-8-11(3,4)5;1-9(2)8-10(12)6-7-11(3,4)5;1-6-9(12)11(7-2)8-10(3,4)5;1-6-7-9(11)12-8(2)10(3,4)5;1-8(2)6-9(11)7-10(3,4)5;1-5-6-9(11)7-8-10(2,3)4;1-6-8(10)11-7(2)9(3,4)5;1-5-6-8(10)11-7-9(2,3)4;1-5-8(10)6-7-9(2,3)4;1-5-7(9)10-6-8(2,3)4/h6-7H,8-10H2,1-5H3;6-7H,1-2,8-10H2,3-5H3;6H,1,7-9H2,2-5H3;8H,6-7H2,1-5H3;6H,1,7-8H2,2-5H3;6-8H,1-5H3;6H,7H2,1-5H3;5-6H,7-8H2,1-4H3;6-7H,1H2,2-5H3;5-6H,7H2,1-4H3;5H,1,6-7H2,2-4H3;5H,1,6H2,2-4H3/b7-6+;;;;;7-6+;;6-5+;;6-5+;;. The van der Waals surface area contributed by atoms with Crippen molar-refractivity contribution in [2.24, 2.45) is 65.0 Å². The van der Waals surface area contributed by atoms with Crippen molar-refractivity contribution in [3.05, 3.63) is 160 Å². The fraction of sp³-hybridized carbons (Fsp3) is 0.686. The number of rotatable bonds is 36. The van der Waals surface area contributed by atoms with Crippen LogP contribution in [0.5, 0.6) is 0 Å². The molecule has 20 nitrogen and oxygen atoms in total. The van der Waals surface area contributed by atoms with E-state index in [9.17, 15) is 57.5 Å². The van der Waals surface area contributed by atoms with Crippen LogP contribution in [0.1, 0.15) is 396 Å². The Morgan fingerprint density at radius 2 is 0.603 bits per heavy atom. The molecular formula is C121H220N4O16. The van der Waals surface area contributed by atoms with Crippen LogP contribution in [0.15, 0.2) is 160 Å². The summed E-state index contributed by atoms with van der Waals surface area (Å²) in [5, 5.41) is 0. The first-order valence-corrected chi connectivity index (χ1v) is 50.3. The van der Waals surface area contributed by atoms with E-state index < -0.39 is 0 Å². The van der Waals surface area contributed by atoms with Gasteiger partial charge in [0.15, 0.2) is 28.9 Å². The molecule has 141 heavy (non-hydrogen) atoms. The maximum atomic E-state index is 11.4. The van der Waals surface area contributed by atoms with Gasteiger partial charge in [-0.2, -0.15) is 0 Å². The second-order valence-electron chi connectivity index (χ2n) is 49.9. The SMILES string of the molecule is C/C=C/C(=O)CCC(C)(C)C.C/C=C/C(=O)OC(C)C(C)(C)C.C/C=C/C(=O)OCC(C)(C)C.C=CC(=O)CCC(C)(C)C.C=CC(=O)N(CC)CC(C)(C)C.C=CC(=O)N(CC)CCC(C)(C)C.C=CC(=O)OC(C)C(C)(C)C.C=CC(=O)OCC(C)(C)C.C=CCN(CCC(C)(C)C)C(=O)C=C.CC(C)=CC(=O)CC(C)(C)C.CC(C)=CC(=O)CCC(C)(C)C.CN(C)C/C=C/C(=O)CCC(C)(C)C. The fourth-order valence-corrected chi connectivity index (χ4v) is 8.99. The van der Waals surface area contributed by atoms with Gasteiger partial charge in [-0.1, -0.05) is 330 Å². The lowest BCUT2D eigenvalue weighted by Crippen LogP contribution is -2.36. The molecule has 0 saturated heterocycles. The minimum absolute atomic E-state index is 0.00132. The van der Waals surface area contributed by atoms with Crippen molar-refractivity contribution in [3.63, 3.8) is 0 Å². The number of carbonyl (C=O) groups is 12. The summed E-state index contributed by atoms with van der Waals surface area (Å²) in [5.41, 5.74) is 4.15. The van der Waals surface area contributed by atoms with Gasteiger partial charge >= 0.3 is 23.9 Å². The van der Waals surface area contributed by atoms with Crippen LogP contribution in [-0.4, -0.2) is 175 Å². The molecule has 0 bridgehead atoms. The van der Waals surface area contributed by atoms with Crippen LogP contribution in [0.25, 0.3) is 0 Å². The summed E-state index contributed by atoms with van der Waals surface area (Å²) < 4.78 is 19.9. The van der Waals surface area contributed by atoms with Gasteiger partial charge in [0.1, 0.15) is 12.2 Å². The van der Waals surface area contributed by atoms with Crippen LogP contribution in [0.2, 0.25) is 0 Å². The highest BCUT2D eigenvalue weighted by molar-refractivity contribution is 5.92. The average molecular weight is 1990 g/mol. The van der Waals surface area contributed by atoms with Gasteiger partial charge in [-0.05, 0) is 242 Å². The predicted octanol–water partition coefficient (Wildman–Crippen LogP) is 30.1. The molecule has 20 heteroatoms. The first kappa shape index (κ1) is 158. The van der Waals surface area contributed by atoms with Gasteiger partial charge in [-0.15, -0.1) is 6.58 Å². The van der Waals surface area contributed by atoms with E-state index in [1.54, 1.807) is 72.3 Å². The van der Waals surface area contributed by atoms with Gasteiger partial charge in [0, 0.05) is 102 Å². The molecule has 0 N–H and O–H groups in total. The number of likely N-dealkylation sites (N-methyl/N-ethyl adjacent to an activating group) is 3. The summed E-state index contributed by atoms with van der Waals surface area (Å²) >= 11 is 0. The van der Waals surface area contributed by atoms with E-state index in [2.05, 4.69) is 212 Å². The first-order chi connectivity index (χ1) is 63.2. The van der Waals surface area contributed by atoms with Crippen molar-refractivity contribution in [1.29, 1.82) is 0 Å². The lowest BCUT2D eigenvalue weighted by Gasteiger charge is -2.28. The molecule has 0 aromatic rings. The van der Waals surface area contributed by atoms with Crippen LogP contribution in [-0.2, 0) is 76.5 Å². The molecule has 0 aliphatic carbocycles. The van der Waals surface area contributed by atoms with Gasteiger partial charge in [0.05, 0.1) is 13.2 Å². The molecule has 2 atom stereocenters. The minimum Gasteiger partial charge on any atom is -0.462 e. The summed E-state index contributed by atoms with van der Waals surface area (Å²) in [5.74, 6) is -0.0837. The van der Waals surface area contributed by atoms with E-state index >= 15 is 0 Å². The highest BCUT2D eigenvalue weighted by Gasteiger charge is 2.26. The number of allylic oxidation sites excluding steroid dienone is 10. The molecule has 0 aromatic heterocycles. The molecule has 3 amide bonds. The van der Waals surface area contributed by atoms with Crippen molar-refractivity contribution in [2.75, 3.05) is 73.1 Å². The quantitative estimate of drug-likeness (QED) is 0.0244. The smallest absolute Gasteiger partial charge is 0.330 e. The summed E-state index contributed by atoms with van der Waals surface area (Å²) in [6.07, 6.45) is 35.3. The maximum absolute atomic E-state index is 11.4. The van der Waals surface area contributed by atoms with E-state index in [1.165, 1.54) is 48.6 Å². The summed E-state index contributed by atoms with van der Waals surface area (Å²) in [6.45, 7) is 127. The minimum atomic E-state index is -0.354. The summed E-state index contributed by atoms with van der Waals surface area (Å²) in [7, 11) is 3.98. The summed E-state index contributed by atoms with van der Waals surface area (Å²) in [6, 6.07) is 0. The third-order valence-corrected chi connectivity index (χ3v) is 18.2. The molecule has 0 heterocycles. The Hall–Kier alpha value is -8.78. The molecule has 0 aliphatic heterocycles. The van der Waals surface area contributed by atoms with Crippen molar-refractivity contribution in [3.8, 4) is 0 Å². The van der Waals surface area contributed by atoms with Crippen LogP contribution in [0, 0.1) is 65.0 Å². The lowest BCUT2D eigenvalue weighted by molar-refractivity contribution is -0.147. The van der Waals surface area contributed by atoms with Crippen LogP contribution in [0.3, 0.4) is 0 Å². The zero-order chi connectivity index (χ0) is 115. The van der Waals surface area contributed by atoms with Crippen LogP contribution in [0.4, 0.5) is 0 Å². The van der Waals surface area contributed by atoms with Gasteiger partial charge in [0.25, 0.3) is 0 Å². The highest BCUT2D eigenvalue weighted by atomic mass is 16.6. The Morgan fingerprint density at radius 3 is 0.879 bits per heavy atom. The molecule has 2 unspecified atom stereocenters. The Kier molecular flexibility index (Phi) is 92.2. The number of ether oxygens (including phenoxy) is 4. The number of ketones is 5. The Labute approximate surface area is 868 Å². The number of hydrogen-bond donors (Lipinski definition) is 0. The van der Waals surface area contributed by atoms with E-state index in [0.29, 0.717) is 51.9 Å². The van der Waals surface area contributed by atoms with Gasteiger partial charge < -0.3 is 38.5 Å². The normalized spacial score (nSPS) is 11.9. The van der Waals surface area contributed by atoms with Crippen molar-refractivity contribution in [1.82, 2.24) is 19.6 Å². The molecule has 0 aliphatic rings. The molecule has 0 rings (SSSR count). The second-order valence-corrected chi connectivity index (χ2v) is 49.9. The van der Waals surface area contributed by atoms with Gasteiger partial charge in [0.2, 0.25) is 17.7 Å². The lowest BCUT2D eigenvalue weighted by atomic mass is 9.89. The molecule has 0 aromatic carbocycles. The van der Waals surface area contributed by atoms with Crippen molar-refractivity contribution < 1.29 is 76.5 Å². The summed E-state index contributed by atoms with van der Waals surface area (Å²) in [4.78, 5) is 140. The Balaban J connectivity index is -0.000000129. The molecule has 0 radical (unpaired) electrons. The largest absolute Gasteiger partial charge is 0.462 e. The van der Waals surface area contributed by atoms with Gasteiger partial charge in [-0.3, -0.25) is 38.4 Å². The van der Waals surface area contributed by atoms with Crippen LogP contribution >= 0.6 is 0 Å². The monoisotopic (exact) mass is 1990 g/mol. The number of amides is 3. The average Bonchev–Trinajstić information content (AvgIpc) is 1.04. The zero-order valence-corrected chi connectivity index (χ0v) is 100. The fourth-order valence-electron chi connectivity index (χ4n) is 8.99. The zero-order valence-electron chi connectivity index (χ0n) is 100. The van der Waals surface area contributed by atoms with E-state index in [0.717, 1.165) is 88.9 Å². The number of carbonyl (C=O) groups excluding carboxylic acids is 12. The third kappa shape index (κ3) is 144. The Morgan fingerprint density at radius 1 is 0.305 bits per heavy atom. The molecule has 0 fully saturated rings. The Bertz CT molecular complexity index is 3660. The third-order valence-electron chi connectivity index (χ3n) is 18.2. The van der Waals surface area contributed by atoms with Crippen molar-refractivity contribution in [2.45, 2.75) is 408 Å². The maximum Gasteiger partial charge on any atom is 0.330 e. The molecule has 820 valence electrons.